The van der Waals surface area contributed by atoms with Crippen LogP contribution in [0.4, 0.5) is 17.6 Å². The predicted molar refractivity (Wildman–Crippen MR) is 48.1 cm³/mol. The van der Waals surface area contributed by atoms with Crippen molar-refractivity contribution in [2.24, 2.45) is 0 Å². The zero-order valence-electron chi connectivity index (χ0n) is 6.99. The summed E-state index contributed by atoms with van der Waals surface area (Å²) in [5.41, 5.74) is -0.757. The van der Waals surface area contributed by atoms with Gasteiger partial charge in [-0.1, -0.05) is 23.2 Å². The number of hydrogen-bond donors (Lipinski definition) is 0. The number of alkyl halides is 4. The van der Waals surface area contributed by atoms with Crippen LogP contribution in [-0.4, -0.2) is 6.61 Å². The van der Waals surface area contributed by atoms with E-state index < -0.39 is 24.3 Å². The van der Waals surface area contributed by atoms with Crippen molar-refractivity contribution < 1.29 is 22.3 Å². The monoisotopic (exact) mass is 262 g/mol. The van der Waals surface area contributed by atoms with Crippen LogP contribution >= 0.6 is 23.2 Å². The summed E-state index contributed by atoms with van der Waals surface area (Å²) >= 11 is 10.9. The van der Waals surface area contributed by atoms with Gasteiger partial charge < -0.3 is 4.74 Å². The third-order valence-electron chi connectivity index (χ3n) is 1.48. The van der Waals surface area contributed by atoms with Crippen LogP contribution in [0.1, 0.15) is 12.0 Å². The fraction of sp³-hybridized carbons (Fsp3) is 0.250. The largest absolute Gasteiger partial charge is 0.433 e. The van der Waals surface area contributed by atoms with Gasteiger partial charge in [-0.15, -0.1) is 0 Å². The van der Waals surface area contributed by atoms with E-state index in [1.54, 1.807) is 0 Å². The van der Waals surface area contributed by atoms with Crippen LogP contribution in [-0.2, 0) is 0 Å². The van der Waals surface area contributed by atoms with E-state index in [1.165, 1.54) is 0 Å². The highest BCUT2D eigenvalue weighted by atomic mass is 35.5. The summed E-state index contributed by atoms with van der Waals surface area (Å²) in [4.78, 5) is 0. The van der Waals surface area contributed by atoms with Gasteiger partial charge in [0.2, 0.25) is 0 Å². The molecule has 84 valence electrons. The number of halogens is 6. The van der Waals surface area contributed by atoms with E-state index in [0.717, 1.165) is 12.1 Å². The van der Waals surface area contributed by atoms with Gasteiger partial charge in [0, 0.05) is 5.02 Å². The van der Waals surface area contributed by atoms with Crippen molar-refractivity contribution in [2.75, 3.05) is 0 Å². The van der Waals surface area contributed by atoms with E-state index in [2.05, 4.69) is 4.74 Å². The molecule has 0 aliphatic rings. The first kappa shape index (κ1) is 12.4. The molecule has 0 aromatic heterocycles. The van der Waals surface area contributed by atoms with Crippen LogP contribution in [0, 0.1) is 0 Å². The first-order chi connectivity index (χ1) is 6.91. The summed E-state index contributed by atoms with van der Waals surface area (Å²) in [6.07, 6.45) is -2.99. The van der Waals surface area contributed by atoms with Gasteiger partial charge >= 0.3 is 6.61 Å². The van der Waals surface area contributed by atoms with Gasteiger partial charge in [0.25, 0.3) is 6.43 Å². The lowest BCUT2D eigenvalue weighted by atomic mass is 10.2. The summed E-state index contributed by atoms with van der Waals surface area (Å²) in [5, 5.41) is -0.449. The minimum atomic E-state index is -3.22. The van der Waals surface area contributed by atoms with E-state index in [1.807, 2.05) is 0 Å². The highest BCUT2D eigenvalue weighted by Crippen LogP contribution is 2.38. The molecule has 15 heavy (non-hydrogen) atoms. The van der Waals surface area contributed by atoms with Crippen molar-refractivity contribution in [3.63, 3.8) is 0 Å². The zero-order valence-corrected chi connectivity index (χ0v) is 8.50. The maximum atomic E-state index is 12.4. The van der Waals surface area contributed by atoms with Gasteiger partial charge in [-0.05, 0) is 12.1 Å². The molecule has 1 aromatic rings. The molecule has 0 unspecified atom stereocenters. The highest BCUT2D eigenvalue weighted by Gasteiger charge is 2.21. The maximum absolute atomic E-state index is 12.4. The van der Waals surface area contributed by atoms with Gasteiger partial charge in [0.15, 0.2) is 5.75 Å². The Bertz CT molecular complexity index is 357. The van der Waals surface area contributed by atoms with Crippen LogP contribution in [0.5, 0.6) is 5.75 Å². The molecule has 0 fully saturated rings. The quantitative estimate of drug-likeness (QED) is 0.728. The zero-order chi connectivity index (χ0) is 11.6. The first-order valence-electron chi connectivity index (χ1n) is 3.63. The summed E-state index contributed by atoms with van der Waals surface area (Å²) in [6.45, 7) is -3.22. The van der Waals surface area contributed by atoms with Crippen molar-refractivity contribution in [3.8, 4) is 5.75 Å². The fourth-order valence-electron chi connectivity index (χ4n) is 0.956. The summed E-state index contributed by atoms with van der Waals surface area (Å²) in [6, 6.07) is 1.88. The number of benzene rings is 1. The summed E-state index contributed by atoms with van der Waals surface area (Å²) < 4.78 is 52.5. The Morgan fingerprint density at radius 3 is 2.13 bits per heavy atom. The molecular weight excluding hydrogens is 259 g/mol. The van der Waals surface area contributed by atoms with Crippen LogP contribution in [0.2, 0.25) is 10.0 Å². The lowest BCUT2D eigenvalue weighted by molar-refractivity contribution is -0.0519. The van der Waals surface area contributed by atoms with E-state index in [-0.39, 0.29) is 10.0 Å². The van der Waals surface area contributed by atoms with Gasteiger partial charge in [-0.3, -0.25) is 0 Å². The second kappa shape index (κ2) is 4.90. The van der Waals surface area contributed by atoms with Crippen molar-refractivity contribution in [2.45, 2.75) is 13.0 Å². The lowest BCUT2D eigenvalue weighted by Crippen LogP contribution is -2.05. The molecule has 0 aliphatic heterocycles. The van der Waals surface area contributed by atoms with E-state index >= 15 is 0 Å². The Morgan fingerprint density at radius 2 is 1.67 bits per heavy atom. The first-order valence-corrected chi connectivity index (χ1v) is 4.39. The van der Waals surface area contributed by atoms with Gasteiger partial charge in [0.1, 0.15) is 0 Å². The van der Waals surface area contributed by atoms with E-state index in [9.17, 15) is 17.6 Å². The third-order valence-corrected chi connectivity index (χ3v) is 1.98. The van der Waals surface area contributed by atoms with Crippen molar-refractivity contribution >= 4 is 23.2 Å². The van der Waals surface area contributed by atoms with Gasteiger partial charge in [-0.25, -0.2) is 8.78 Å². The maximum Gasteiger partial charge on any atom is 0.387 e. The molecule has 1 nitrogen and oxygen atoms in total. The predicted octanol–water partition coefficient (Wildman–Crippen LogP) is 4.53. The SMILES string of the molecule is FC(F)Oc1c(Cl)cc(Cl)cc1C(F)F. The molecule has 0 spiro atoms. The van der Waals surface area contributed by atoms with E-state index in [0.29, 0.717) is 0 Å². The Kier molecular flexibility index (Phi) is 4.04. The molecule has 0 N–H and O–H groups in total. The average Bonchev–Trinajstić information content (AvgIpc) is 2.08. The molecule has 0 aliphatic carbocycles. The molecule has 7 heteroatoms. The Morgan fingerprint density at radius 1 is 1.07 bits per heavy atom. The molecule has 0 heterocycles. The second-order valence-corrected chi connectivity index (χ2v) is 3.33. The Labute approximate surface area is 92.5 Å². The molecule has 1 rings (SSSR count). The molecule has 0 bridgehead atoms. The average molecular weight is 263 g/mol. The fourth-order valence-corrected chi connectivity index (χ4v) is 1.51. The smallest absolute Gasteiger partial charge is 0.387 e. The van der Waals surface area contributed by atoms with Crippen molar-refractivity contribution in [1.82, 2.24) is 0 Å². The molecule has 1 aromatic carbocycles. The topological polar surface area (TPSA) is 9.23 Å². The van der Waals surface area contributed by atoms with Gasteiger partial charge in [-0.2, -0.15) is 8.78 Å². The van der Waals surface area contributed by atoms with Crippen LogP contribution in [0.15, 0.2) is 12.1 Å². The van der Waals surface area contributed by atoms with E-state index in [4.69, 9.17) is 23.2 Å². The lowest BCUT2D eigenvalue weighted by Gasteiger charge is -2.12. The van der Waals surface area contributed by atoms with Crippen LogP contribution < -0.4 is 4.74 Å². The molecule has 0 saturated heterocycles. The summed E-state index contributed by atoms with van der Waals surface area (Å²) in [7, 11) is 0. The second-order valence-electron chi connectivity index (χ2n) is 2.49. The third kappa shape index (κ3) is 3.14. The molecule has 0 amide bonds. The van der Waals surface area contributed by atoms with Crippen molar-refractivity contribution in [3.05, 3.63) is 27.7 Å². The standard InChI is InChI=1S/C8H4Cl2F4O/c9-3-1-4(7(11)12)6(5(10)2-3)15-8(13)14/h1-2,7-8H. The Hall–Kier alpha value is -0.680. The minimum Gasteiger partial charge on any atom is -0.433 e. The van der Waals surface area contributed by atoms with Crippen LogP contribution in [0.3, 0.4) is 0 Å². The molecule has 0 saturated carbocycles. The Balaban J connectivity index is 3.21. The number of rotatable bonds is 3. The highest BCUT2D eigenvalue weighted by molar-refractivity contribution is 6.35. The molecule has 0 atom stereocenters. The summed E-state index contributed by atoms with van der Waals surface area (Å²) in [5.74, 6) is -0.744. The molecule has 0 radical (unpaired) electrons. The van der Waals surface area contributed by atoms with Crippen molar-refractivity contribution in [1.29, 1.82) is 0 Å². The molecular formula is C8H4Cl2F4O. The normalized spacial score (nSPS) is 11.2. The minimum absolute atomic E-state index is 0.0723. The number of ether oxygens (including phenoxy) is 1. The van der Waals surface area contributed by atoms with Crippen LogP contribution in [0.25, 0.3) is 0 Å². The number of hydrogen-bond acceptors (Lipinski definition) is 1. The van der Waals surface area contributed by atoms with Gasteiger partial charge in [0.05, 0.1) is 10.6 Å².